The lowest BCUT2D eigenvalue weighted by Crippen LogP contribution is -2.61. The van der Waals surface area contributed by atoms with E-state index in [0.717, 1.165) is 0 Å². The van der Waals surface area contributed by atoms with Crippen LogP contribution in [0, 0.1) is 23.7 Å². The number of esters is 1. The average Bonchev–Trinajstić information content (AvgIpc) is 3.05. The van der Waals surface area contributed by atoms with Crippen LogP contribution < -0.4 is 0 Å². The number of hydrogen-bond acceptors (Lipinski definition) is 14. The maximum atomic E-state index is 14.1. The molecule has 0 amide bonds. The van der Waals surface area contributed by atoms with E-state index in [1.165, 1.54) is 14.0 Å². The molecular formula is C37H69NO13. The molecule has 51 heavy (non-hydrogen) atoms. The zero-order chi connectivity index (χ0) is 39.0. The Morgan fingerprint density at radius 2 is 1.47 bits per heavy atom. The summed E-state index contributed by atoms with van der Waals surface area (Å²) in [5.74, 6) is -4.11. The van der Waals surface area contributed by atoms with Crippen LogP contribution in [-0.4, -0.2) is 153 Å². The number of hydrogen-bond donors (Lipinski definition) is 6. The summed E-state index contributed by atoms with van der Waals surface area (Å²) in [6.45, 7) is 16.7. The molecule has 14 heteroatoms. The number of aliphatic hydroxyl groups is 6. The van der Waals surface area contributed by atoms with Crippen molar-refractivity contribution in [3.05, 3.63) is 0 Å². The zero-order valence-corrected chi connectivity index (χ0v) is 33.1. The fourth-order valence-corrected chi connectivity index (χ4v) is 8.59. The second-order valence-electron chi connectivity index (χ2n) is 16.7. The van der Waals surface area contributed by atoms with Crippen molar-refractivity contribution < 1.29 is 63.9 Å². The summed E-state index contributed by atoms with van der Waals surface area (Å²) in [5.41, 5.74) is -4.71. The summed E-state index contributed by atoms with van der Waals surface area (Å²) in [4.78, 5) is 16.0. The number of cyclic esters (lactones) is 1. The van der Waals surface area contributed by atoms with E-state index in [1.807, 2.05) is 25.9 Å². The van der Waals surface area contributed by atoms with Crippen molar-refractivity contribution in [1.82, 2.24) is 4.90 Å². The number of rotatable bonds is 7. The van der Waals surface area contributed by atoms with Gasteiger partial charge < -0.3 is 64.0 Å². The van der Waals surface area contributed by atoms with Crippen molar-refractivity contribution in [3.8, 4) is 0 Å². The van der Waals surface area contributed by atoms with E-state index in [1.54, 1.807) is 55.4 Å². The molecule has 0 aromatic carbocycles. The number of carbonyl (C=O) groups is 1. The minimum absolute atomic E-state index is 0.0362. The van der Waals surface area contributed by atoms with E-state index in [4.69, 9.17) is 28.4 Å². The lowest BCUT2D eigenvalue weighted by Gasteiger charge is -2.49. The average molecular weight is 736 g/mol. The van der Waals surface area contributed by atoms with Gasteiger partial charge in [0.1, 0.15) is 23.9 Å². The van der Waals surface area contributed by atoms with E-state index in [0.29, 0.717) is 6.42 Å². The van der Waals surface area contributed by atoms with E-state index in [2.05, 4.69) is 0 Å². The van der Waals surface area contributed by atoms with Crippen LogP contribution in [0.5, 0.6) is 0 Å². The smallest absolute Gasteiger partial charge is 0.311 e. The van der Waals surface area contributed by atoms with Gasteiger partial charge in [-0.05, 0) is 80.8 Å². The fourth-order valence-electron chi connectivity index (χ4n) is 8.59. The molecule has 3 rings (SSSR count). The highest BCUT2D eigenvalue weighted by atomic mass is 16.7. The molecule has 3 heterocycles. The van der Waals surface area contributed by atoms with Gasteiger partial charge in [0.2, 0.25) is 0 Å². The van der Waals surface area contributed by atoms with Crippen molar-refractivity contribution in [2.24, 2.45) is 23.7 Å². The van der Waals surface area contributed by atoms with E-state index in [9.17, 15) is 35.4 Å². The molecule has 3 fully saturated rings. The molecule has 3 aliphatic heterocycles. The third kappa shape index (κ3) is 9.63. The highest BCUT2D eigenvalue weighted by Crippen LogP contribution is 2.41. The second-order valence-corrected chi connectivity index (χ2v) is 16.7. The van der Waals surface area contributed by atoms with Crippen molar-refractivity contribution in [2.75, 3.05) is 21.2 Å². The van der Waals surface area contributed by atoms with E-state index < -0.39 is 108 Å². The number of likely N-dealkylation sites (N-methyl/N-ethyl adjacent to an activating group) is 1. The summed E-state index contributed by atoms with van der Waals surface area (Å²) in [6.07, 6.45) is -10.5. The first kappa shape index (κ1) is 44.4. The molecule has 0 bridgehead atoms. The third-order valence-electron chi connectivity index (χ3n) is 12.0. The van der Waals surface area contributed by atoms with Gasteiger partial charge in [-0.3, -0.25) is 4.79 Å². The molecular weight excluding hydrogens is 666 g/mol. The second kappa shape index (κ2) is 17.2. The molecule has 1 unspecified atom stereocenters. The molecule has 0 aromatic rings. The topological polar surface area (TPSA) is 197 Å². The normalized spacial score (nSPS) is 51.2. The van der Waals surface area contributed by atoms with Gasteiger partial charge in [-0.1, -0.05) is 27.7 Å². The van der Waals surface area contributed by atoms with Crippen LogP contribution in [0.1, 0.15) is 94.9 Å². The Kier molecular flexibility index (Phi) is 15.0. The molecule has 0 radical (unpaired) electrons. The highest BCUT2D eigenvalue weighted by molar-refractivity contribution is 5.73. The standard InChI is InChI=1S/C37H69NO13/c1-14-25-37(10,45)30(41)20(4)27(39)18(2)16-35(8,44)32(51-34-28(40)24(38(11)12)15-19(3)47-34)21(5)29(22(6)33(43)49-25)50-26-17-36(9,46-13)31(42)23(7)48-26/h18-32,34,39-42,44-45H,14-17H2,1-13H3/t18-,19+,20+,21+,22-,23+,24-,25-,26+,27?,28+,29+,30-,31+,32-,34-,35-,36-,37-/m1/s1. The van der Waals surface area contributed by atoms with Gasteiger partial charge in [-0.25, -0.2) is 0 Å². The van der Waals surface area contributed by atoms with Gasteiger partial charge in [-0.15, -0.1) is 0 Å². The first-order valence-electron chi connectivity index (χ1n) is 18.6. The Hall–Kier alpha value is -1.01. The first-order valence-corrected chi connectivity index (χ1v) is 18.6. The number of methoxy groups -OCH3 is 1. The Morgan fingerprint density at radius 1 is 0.863 bits per heavy atom. The van der Waals surface area contributed by atoms with E-state index in [-0.39, 0.29) is 31.4 Å². The quantitative estimate of drug-likeness (QED) is 0.206. The molecule has 19 atom stereocenters. The van der Waals surface area contributed by atoms with Crippen LogP contribution >= 0.6 is 0 Å². The van der Waals surface area contributed by atoms with Crippen molar-refractivity contribution in [3.63, 3.8) is 0 Å². The van der Waals surface area contributed by atoms with E-state index >= 15 is 0 Å². The zero-order valence-electron chi connectivity index (χ0n) is 33.1. The molecule has 0 aliphatic carbocycles. The summed E-state index contributed by atoms with van der Waals surface area (Å²) < 4.78 is 37.2. The lowest BCUT2D eigenvalue weighted by atomic mass is 9.73. The molecule has 0 aromatic heterocycles. The number of aliphatic hydroxyl groups excluding tert-OH is 4. The third-order valence-corrected chi connectivity index (χ3v) is 12.0. The number of nitrogens with zero attached hydrogens (tertiary/aromatic N) is 1. The Morgan fingerprint density at radius 3 is 2.02 bits per heavy atom. The first-order chi connectivity index (χ1) is 23.4. The summed E-state index contributed by atoms with van der Waals surface area (Å²) >= 11 is 0. The number of ether oxygens (including phenoxy) is 6. The van der Waals surface area contributed by atoms with Crippen LogP contribution in [0.25, 0.3) is 0 Å². The van der Waals surface area contributed by atoms with Gasteiger partial charge in [0.05, 0.1) is 53.7 Å². The summed E-state index contributed by atoms with van der Waals surface area (Å²) in [5, 5.41) is 69.3. The summed E-state index contributed by atoms with van der Waals surface area (Å²) in [6, 6.07) is -0.310. The molecule has 0 saturated carbocycles. The van der Waals surface area contributed by atoms with Gasteiger partial charge >= 0.3 is 5.97 Å². The Labute approximate surface area is 304 Å². The van der Waals surface area contributed by atoms with Crippen molar-refractivity contribution in [1.29, 1.82) is 0 Å². The fraction of sp³-hybridized carbons (Fsp3) is 0.973. The van der Waals surface area contributed by atoms with Crippen LogP contribution in [0.2, 0.25) is 0 Å². The monoisotopic (exact) mass is 735 g/mol. The SMILES string of the molecule is CC[C@H]1OC(=O)[C@H](C)[C@@H](O[C@H]2C[C@@](C)(OC)[C@@H](O)[C@H](C)O2)[C@H](C)[C@@H](O[C@H]2O[C@@H](C)C[C@@H](N(C)C)[C@@H]2O)[C@](C)(O)C[C@@H](C)C(O)[C@H](C)[C@@H](O)[C@]1(C)O. The molecule has 0 spiro atoms. The Balaban J connectivity index is 2.18. The van der Waals surface area contributed by atoms with Crippen LogP contribution in [0.15, 0.2) is 0 Å². The van der Waals surface area contributed by atoms with Crippen LogP contribution in [0.4, 0.5) is 0 Å². The largest absolute Gasteiger partial charge is 0.459 e. The van der Waals surface area contributed by atoms with Gasteiger partial charge in [0.25, 0.3) is 0 Å². The number of carbonyl (C=O) groups excluding carboxylic acids is 1. The molecule has 300 valence electrons. The van der Waals surface area contributed by atoms with Crippen molar-refractivity contribution >= 4 is 5.97 Å². The molecule has 6 N–H and O–H groups in total. The highest BCUT2D eigenvalue weighted by Gasteiger charge is 2.53. The van der Waals surface area contributed by atoms with Crippen molar-refractivity contribution in [2.45, 2.75) is 185 Å². The maximum Gasteiger partial charge on any atom is 0.311 e. The van der Waals surface area contributed by atoms with Crippen LogP contribution in [-0.2, 0) is 33.2 Å². The minimum Gasteiger partial charge on any atom is -0.459 e. The Bertz CT molecular complexity index is 1120. The van der Waals surface area contributed by atoms with Gasteiger partial charge in [0, 0.05) is 31.4 Å². The maximum absolute atomic E-state index is 14.1. The molecule has 3 aliphatic rings. The molecule has 14 nitrogen and oxygen atoms in total. The summed E-state index contributed by atoms with van der Waals surface area (Å²) in [7, 11) is 5.20. The molecule has 3 saturated heterocycles. The lowest BCUT2D eigenvalue weighted by molar-refractivity contribution is -0.318. The minimum atomic E-state index is -1.93. The predicted molar refractivity (Wildman–Crippen MR) is 187 cm³/mol. The van der Waals surface area contributed by atoms with Gasteiger partial charge in [-0.2, -0.15) is 0 Å². The van der Waals surface area contributed by atoms with Crippen LogP contribution in [0.3, 0.4) is 0 Å². The van der Waals surface area contributed by atoms with Gasteiger partial charge in [0.15, 0.2) is 12.6 Å². The predicted octanol–water partition coefficient (Wildman–Crippen LogP) is 1.58.